The van der Waals surface area contributed by atoms with E-state index in [1.165, 1.54) is 83.1 Å². The number of nitrogens with zero attached hydrogens (tertiary/aromatic N) is 1. The Bertz CT molecular complexity index is 3480. The standard InChI is InChI=1S/C65H45N/c1-4-20-48(21-5-1)58-31-12-13-32-59(58)53-25-17-30-57(45-53)66(56-41-39-47(40-42-56)50-23-16-24-51(43-50)52-38-37-46-19-10-11-22-49(46)44-52)63-36-18-35-62-64(63)60-33-14-15-34-61(60)65(62,54-26-6-2-7-27-54)55-28-8-3-9-29-55/h1-45H. The molecule has 0 aliphatic heterocycles. The first-order valence-electron chi connectivity index (χ1n) is 22.8. The molecule has 1 heteroatoms. The summed E-state index contributed by atoms with van der Waals surface area (Å²) in [6.07, 6.45) is 0. The third-order valence-electron chi connectivity index (χ3n) is 13.5. The molecule has 12 rings (SSSR count). The van der Waals surface area contributed by atoms with E-state index in [1.807, 2.05) is 0 Å². The maximum atomic E-state index is 2.48. The van der Waals surface area contributed by atoms with Crippen LogP contribution in [0.1, 0.15) is 22.3 Å². The molecule has 1 nitrogen and oxygen atoms in total. The number of hydrogen-bond donors (Lipinski definition) is 0. The lowest BCUT2D eigenvalue weighted by Gasteiger charge is -2.34. The van der Waals surface area contributed by atoms with E-state index in [1.54, 1.807) is 0 Å². The molecule has 0 bridgehead atoms. The molecule has 0 N–H and O–H groups in total. The lowest BCUT2D eigenvalue weighted by molar-refractivity contribution is 0.768. The lowest BCUT2D eigenvalue weighted by atomic mass is 9.68. The fraction of sp³-hybridized carbons (Fsp3) is 0.0154. The monoisotopic (exact) mass is 839 g/mol. The van der Waals surface area contributed by atoms with Crippen LogP contribution in [0.25, 0.3) is 66.4 Å². The zero-order valence-corrected chi connectivity index (χ0v) is 36.4. The second kappa shape index (κ2) is 16.6. The van der Waals surface area contributed by atoms with Crippen molar-refractivity contribution in [2.24, 2.45) is 0 Å². The van der Waals surface area contributed by atoms with Gasteiger partial charge in [-0.2, -0.15) is 0 Å². The first-order chi connectivity index (χ1) is 32.7. The molecule has 310 valence electrons. The van der Waals surface area contributed by atoms with Gasteiger partial charge in [-0.25, -0.2) is 0 Å². The van der Waals surface area contributed by atoms with Crippen LogP contribution in [0.5, 0.6) is 0 Å². The highest BCUT2D eigenvalue weighted by Crippen LogP contribution is 2.59. The van der Waals surface area contributed by atoms with Crippen LogP contribution < -0.4 is 4.90 Å². The van der Waals surface area contributed by atoms with E-state index in [0.717, 1.165) is 22.6 Å². The van der Waals surface area contributed by atoms with Crippen molar-refractivity contribution in [3.8, 4) is 55.6 Å². The molecule has 1 aliphatic rings. The van der Waals surface area contributed by atoms with E-state index in [2.05, 4.69) is 278 Å². The van der Waals surface area contributed by atoms with Crippen LogP contribution in [-0.4, -0.2) is 0 Å². The number of hydrogen-bond acceptors (Lipinski definition) is 1. The van der Waals surface area contributed by atoms with Gasteiger partial charge < -0.3 is 4.90 Å². The fourth-order valence-electron chi connectivity index (χ4n) is 10.6. The van der Waals surface area contributed by atoms with Crippen molar-refractivity contribution in [2.75, 3.05) is 4.90 Å². The fourth-order valence-corrected chi connectivity index (χ4v) is 10.6. The smallest absolute Gasteiger partial charge is 0.0714 e. The molecule has 0 aromatic heterocycles. The quantitative estimate of drug-likeness (QED) is 0.140. The number of rotatable bonds is 9. The molecule has 11 aromatic carbocycles. The van der Waals surface area contributed by atoms with Crippen LogP contribution in [0, 0.1) is 0 Å². The van der Waals surface area contributed by atoms with Gasteiger partial charge in [-0.15, -0.1) is 0 Å². The molecule has 11 aromatic rings. The normalized spacial score (nSPS) is 12.4. The molecule has 0 radical (unpaired) electrons. The van der Waals surface area contributed by atoms with Crippen LogP contribution in [-0.2, 0) is 5.41 Å². The topological polar surface area (TPSA) is 3.24 Å². The van der Waals surface area contributed by atoms with E-state index in [4.69, 9.17) is 0 Å². The predicted molar refractivity (Wildman–Crippen MR) is 278 cm³/mol. The summed E-state index contributed by atoms with van der Waals surface area (Å²) in [6.45, 7) is 0. The van der Waals surface area contributed by atoms with E-state index >= 15 is 0 Å². The van der Waals surface area contributed by atoms with Crippen LogP contribution in [0.2, 0.25) is 0 Å². The first-order valence-corrected chi connectivity index (χ1v) is 22.8. The highest BCUT2D eigenvalue weighted by molar-refractivity contribution is 5.98. The van der Waals surface area contributed by atoms with E-state index < -0.39 is 5.41 Å². The van der Waals surface area contributed by atoms with Gasteiger partial charge in [0.05, 0.1) is 11.1 Å². The molecule has 0 spiro atoms. The van der Waals surface area contributed by atoms with Crippen molar-refractivity contribution in [1.29, 1.82) is 0 Å². The largest absolute Gasteiger partial charge is 0.310 e. The van der Waals surface area contributed by atoms with Gasteiger partial charge >= 0.3 is 0 Å². The third kappa shape index (κ3) is 6.64. The third-order valence-corrected chi connectivity index (χ3v) is 13.5. The minimum absolute atomic E-state index is 0.521. The van der Waals surface area contributed by atoms with Gasteiger partial charge in [-0.05, 0) is 126 Å². The van der Waals surface area contributed by atoms with Gasteiger partial charge in [-0.3, -0.25) is 0 Å². The summed E-state index contributed by atoms with van der Waals surface area (Å²) in [5.74, 6) is 0. The number of anilines is 3. The molecule has 1 aliphatic carbocycles. The molecule has 66 heavy (non-hydrogen) atoms. The Kier molecular flexibility index (Phi) is 9.81. The summed E-state index contributed by atoms with van der Waals surface area (Å²) in [5, 5.41) is 2.50. The molecule has 0 atom stereocenters. The van der Waals surface area contributed by atoms with Crippen LogP contribution in [0.3, 0.4) is 0 Å². The van der Waals surface area contributed by atoms with Gasteiger partial charge in [0, 0.05) is 16.9 Å². The van der Waals surface area contributed by atoms with Crippen molar-refractivity contribution < 1.29 is 0 Å². The van der Waals surface area contributed by atoms with Crippen molar-refractivity contribution in [3.63, 3.8) is 0 Å². The van der Waals surface area contributed by atoms with E-state index in [9.17, 15) is 0 Å². The van der Waals surface area contributed by atoms with Crippen LogP contribution in [0.4, 0.5) is 17.1 Å². The molecule has 0 heterocycles. The maximum absolute atomic E-state index is 2.48. The molecular weight excluding hydrogens is 795 g/mol. The summed E-state index contributed by atoms with van der Waals surface area (Å²) in [4.78, 5) is 2.48. The Morgan fingerprint density at radius 2 is 0.758 bits per heavy atom. The van der Waals surface area contributed by atoms with Crippen molar-refractivity contribution in [2.45, 2.75) is 5.41 Å². The SMILES string of the molecule is c1ccc(-c2ccccc2-c2cccc(N(c3ccc(-c4cccc(-c5ccc6ccccc6c5)c4)cc3)c3cccc4c3-c3ccccc3C4(c3ccccc3)c3ccccc3)c2)cc1. The van der Waals surface area contributed by atoms with Gasteiger partial charge in [0.1, 0.15) is 0 Å². The second-order valence-electron chi connectivity index (χ2n) is 17.2. The van der Waals surface area contributed by atoms with E-state index in [0.29, 0.717) is 0 Å². The zero-order chi connectivity index (χ0) is 43.9. The molecule has 0 saturated heterocycles. The Morgan fingerprint density at radius 3 is 1.48 bits per heavy atom. The Hall–Kier alpha value is -8.52. The molecule has 0 amide bonds. The average molecular weight is 840 g/mol. The Labute approximate surface area is 387 Å². The van der Waals surface area contributed by atoms with Gasteiger partial charge in [-0.1, -0.05) is 231 Å². The lowest BCUT2D eigenvalue weighted by Crippen LogP contribution is -2.28. The highest BCUT2D eigenvalue weighted by Gasteiger charge is 2.47. The number of benzene rings is 11. The van der Waals surface area contributed by atoms with Crippen LogP contribution >= 0.6 is 0 Å². The van der Waals surface area contributed by atoms with E-state index in [-0.39, 0.29) is 0 Å². The Balaban J connectivity index is 1.05. The molecule has 0 unspecified atom stereocenters. The summed E-state index contributed by atoms with van der Waals surface area (Å²) < 4.78 is 0. The summed E-state index contributed by atoms with van der Waals surface area (Å²) >= 11 is 0. The Morgan fingerprint density at radius 1 is 0.258 bits per heavy atom. The maximum Gasteiger partial charge on any atom is 0.0714 e. The average Bonchev–Trinajstić information content (AvgIpc) is 3.71. The van der Waals surface area contributed by atoms with Gasteiger partial charge in [0.15, 0.2) is 0 Å². The first kappa shape index (κ1) is 39.1. The van der Waals surface area contributed by atoms with Gasteiger partial charge in [0.25, 0.3) is 0 Å². The van der Waals surface area contributed by atoms with Crippen molar-refractivity contribution >= 4 is 27.8 Å². The minimum Gasteiger partial charge on any atom is -0.310 e. The summed E-state index contributed by atoms with van der Waals surface area (Å²) in [5.41, 5.74) is 19.9. The van der Waals surface area contributed by atoms with Crippen molar-refractivity contribution in [1.82, 2.24) is 0 Å². The zero-order valence-electron chi connectivity index (χ0n) is 36.4. The highest BCUT2D eigenvalue weighted by atomic mass is 15.1. The number of fused-ring (bicyclic) bond motifs is 4. The summed E-state index contributed by atoms with van der Waals surface area (Å²) in [7, 11) is 0. The second-order valence-corrected chi connectivity index (χ2v) is 17.2. The van der Waals surface area contributed by atoms with Crippen LogP contribution in [0.15, 0.2) is 273 Å². The molecule has 0 fully saturated rings. The molecular formula is C65H45N. The minimum atomic E-state index is -0.521. The van der Waals surface area contributed by atoms with Gasteiger partial charge in [0.2, 0.25) is 0 Å². The molecule has 0 saturated carbocycles. The van der Waals surface area contributed by atoms with Crippen molar-refractivity contribution in [3.05, 3.63) is 295 Å². The predicted octanol–water partition coefficient (Wildman–Crippen LogP) is 17.3. The summed E-state index contributed by atoms with van der Waals surface area (Å²) in [6, 6.07) is 100.